The molecule has 1 aliphatic rings. The fraction of sp³-hybridized carbons (Fsp3) is 0.727. The van der Waals surface area contributed by atoms with Crippen LogP contribution in [0.1, 0.15) is 39.5 Å². The smallest absolute Gasteiger partial charge is 0.200 e. The molecular formula is C11H19N3. The number of hydrogen-bond donors (Lipinski definition) is 2. The molecule has 2 rings (SSSR count). The Hall–Kier alpha value is -0.990. The summed E-state index contributed by atoms with van der Waals surface area (Å²) in [4.78, 5) is 7.26. The van der Waals surface area contributed by atoms with Gasteiger partial charge in [-0.1, -0.05) is 13.8 Å². The van der Waals surface area contributed by atoms with Gasteiger partial charge in [-0.2, -0.15) is 0 Å². The summed E-state index contributed by atoms with van der Waals surface area (Å²) in [7, 11) is 0. The molecule has 0 spiro atoms. The lowest BCUT2D eigenvalue weighted by molar-refractivity contribution is 0.232. The summed E-state index contributed by atoms with van der Waals surface area (Å²) in [6.45, 7) is 4.71. The van der Waals surface area contributed by atoms with Crippen LogP contribution in [-0.4, -0.2) is 16.0 Å². The van der Waals surface area contributed by atoms with Crippen molar-refractivity contribution in [2.75, 3.05) is 5.32 Å². The zero-order chi connectivity index (χ0) is 10.0. The number of hydrogen-bond acceptors (Lipinski definition) is 2. The SMILES string of the molecule is CC1(C)CCC(Nc2ncc[nH]2)CC1. The lowest BCUT2D eigenvalue weighted by Crippen LogP contribution is -2.30. The van der Waals surface area contributed by atoms with Gasteiger partial charge in [0.2, 0.25) is 0 Å². The van der Waals surface area contributed by atoms with E-state index in [2.05, 4.69) is 29.1 Å². The van der Waals surface area contributed by atoms with Crippen LogP contribution in [-0.2, 0) is 0 Å². The highest BCUT2D eigenvalue weighted by Crippen LogP contribution is 2.35. The maximum atomic E-state index is 4.18. The monoisotopic (exact) mass is 193 g/mol. The van der Waals surface area contributed by atoms with Crippen LogP contribution in [0.2, 0.25) is 0 Å². The first-order valence-electron chi connectivity index (χ1n) is 5.42. The number of nitrogens with one attached hydrogen (secondary N) is 2. The van der Waals surface area contributed by atoms with E-state index in [1.165, 1.54) is 25.7 Å². The maximum absolute atomic E-state index is 4.18. The zero-order valence-electron chi connectivity index (χ0n) is 9.01. The first kappa shape index (κ1) is 9.56. The number of rotatable bonds is 2. The quantitative estimate of drug-likeness (QED) is 0.758. The average molecular weight is 193 g/mol. The van der Waals surface area contributed by atoms with Crippen molar-refractivity contribution in [3.05, 3.63) is 12.4 Å². The Balaban J connectivity index is 1.85. The highest BCUT2D eigenvalue weighted by molar-refractivity contribution is 5.24. The number of H-pyrrole nitrogens is 1. The zero-order valence-corrected chi connectivity index (χ0v) is 9.01. The molecule has 3 heteroatoms. The second-order valence-electron chi connectivity index (χ2n) is 5.02. The van der Waals surface area contributed by atoms with Crippen LogP contribution >= 0.6 is 0 Å². The molecule has 1 heterocycles. The van der Waals surface area contributed by atoms with Gasteiger partial charge in [0.05, 0.1) is 0 Å². The van der Waals surface area contributed by atoms with Crippen LogP contribution < -0.4 is 5.32 Å². The third-order valence-corrected chi connectivity index (χ3v) is 3.18. The van der Waals surface area contributed by atoms with Crippen LogP contribution in [0.15, 0.2) is 12.4 Å². The van der Waals surface area contributed by atoms with Gasteiger partial charge in [0.15, 0.2) is 5.95 Å². The summed E-state index contributed by atoms with van der Waals surface area (Å²) < 4.78 is 0. The van der Waals surface area contributed by atoms with Gasteiger partial charge in [0.25, 0.3) is 0 Å². The second kappa shape index (κ2) is 3.64. The summed E-state index contributed by atoms with van der Waals surface area (Å²) in [5.41, 5.74) is 0.543. The lowest BCUT2D eigenvalue weighted by Gasteiger charge is -2.34. The van der Waals surface area contributed by atoms with E-state index in [4.69, 9.17) is 0 Å². The minimum absolute atomic E-state index is 0.543. The van der Waals surface area contributed by atoms with E-state index >= 15 is 0 Å². The lowest BCUT2D eigenvalue weighted by atomic mass is 9.76. The molecule has 1 aliphatic carbocycles. The molecular weight excluding hydrogens is 174 g/mol. The molecule has 0 amide bonds. The molecule has 0 aromatic carbocycles. The largest absolute Gasteiger partial charge is 0.353 e. The van der Waals surface area contributed by atoms with E-state index in [1.54, 1.807) is 6.20 Å². The highest BCUT2D eigenvalue weighted by Gasteiger charge is 2.26. The van der Waals surface area contributed by atoms with E-state index in [0.717, 1.165) is 5.95 Å². The highest BCUT2D eigenvalue weighted by atomic mass is 15.1. The van der Waals surface area contributed by atoms with Crippen molar-refractivity contribution in [1.82, 2.24) is 9.97 Å². The summed E-state index contributed by atoms with van der Waals surface area (Å²) in [5.74, 6) is 0.912. The Kier molecular flexibility index (Phi) is 2.48. The standard InChI is InChI=1S/C11H19N3/c1-11(2)5-3-9(4-6-11)14-10-12-7-8-13-10/h7-9H,3-6H2,1-2H3,(H2,12,13,14). The van der Waals surface area contributed by atoms with Gasteiger partial charge in [-0.25, -0.2) is 4.98 Å². The van der Waals surface area contributed by atoms with Gasteiger partial charge in [0.1, 0.15) is 0 Å². The van der Waals surface area contributed by atoms with Crippen LogP contribution in [0.5, 0.6) is 0 Å². The van der Waals surface area contributed by atoms with E-state index in [0.29, 0.717) is 11.5 Å². The van der Waals surface area contributed by atoms with E-state index in [1.807, 2.05) is 6.20 Å². The Morgan fingerprint density at radius 2 is 2.14 bits per heavy atom. The molecule has 1 aromatic heterocycles. The summed E-state index contributed by atoms with van der Waals surface area (Å²) in [6.07, 6.45) is 8.78. The molecule has 0 aliphatic heterocycles. The second-order valence-corrected chi connectivity index (χ2v) is 5.02. The summed E-state index contributed by atoms with van der Waals surface area (Å²) in [6, 6.07) is 0.606. The van der Waals surface area contributed by atoms with E-state index in [-0.39, 0.29) is 0 Å². The summed E-state index contributed by atoms with van der Waals surface area (Å²) in [5, 5.41) is 3.43. The molecule has 0 unspecified atom stereocenters. The Bertz CT molecular complexity index is 267. The Morgan fingerprint density at radius 1 is 1.43 bits per heavy atom. The fourth-order valence-corrected chi connectivity index (χ4v) is 2.08. The molecule has 3 nitrogen and oxygen atoms in total. The molecule has 78 valence electrons. The molecule has 0 saturated heterocycles. The first-order valence-corrected chi connectivity index (χ1v) is 5.42. The van der Waals surface area contributed by atoms with Gasteiger partial charge >= 0.3 is 0 Å². The fourth-order valence-electron chi connectivity index (χ4n) is 2.08. The normalized spacial score (nSPS) is 22.1. The molecule has 0 bridgehead atoms. The van der Waals surface area contributed by atoms with Crippen molar-refractivity contribution in [1.29, 1.82) is 0 Å². The number of nitrogens with zero attached hydrogens (tertiary/aromatic N) is 1. The molecule has 0 atom stereocenters. The van der Waals surface area contributed by atoms with Crippen LogP contribution in [0, 0.1) is 5.41 Å². The number of aromatic amines is 1. The molecule has 14 heavy (non-hydrogen) atoms. The minimum atomic E-state index is 0.543. The third kappa shape index (κ3) is 2.28. The van der Waals surface area contributed by atoms with Gasteiger partial charge in [-0.15, -0.1) is 0 Å². The van der Waals surface area contributed by atoms with Crippen molar-refractivity contribution >= 4 is 5.95 Å². The van der Waals surface area contributed by atoms with Crippen LogP contribution in [0.3, 0.4) is 0 Å². The Labute approximate surface area is 85.3 Å². The van der Waals surface area contributed by atoms with Gasteiger partial charge in [-0.3, -0.25) is 0 Å². The van der Waals surface area contributed by atoms with Crippen LogP contribution in [0.4, 0.5) is 5.95 Å². The predicted molar refractivity (Wildman–Crippen MR) is 58.2 cm³/mol. The number of anilines is 1. The van der Waals surface area contributed by atoms with Crippen molar-refractivity contribution in [2.45, 2.75) is 45.6 Å². The van der Waals surface area contributed by atoms with Crippen molar-refractivity contribution in [3.63, 3.8) is 0 Å². The average Bonchev–Trinajstić information content (AvgIpc) is 2.61. The molecule has 0 radical (unpaired) electrons. The number of imidazole rings is 1. The first-order chi connectivity index (χ1) is 6.66. The summed E-state index contributed by atoms with van der Waals surface area (Å²) >= 11 is 0. The van der Waals surface area contributed by atoms with Crippen LogP contribution in [0.25, 0.3) is 0 Å². The molecule has 1 aromatic rings. The third-order valence-electron chi connectivity index (χ3n) is 3.18. The predicted octanol–water partition coefficient (Wildman–Crippen LogP) is 2.79. The molecule has 2 N–H and O–H groups in total. The van der Waals surface area contributed by atoms with Gasteiger partial charge in [0, 0.05) is 18.4 Å². The van der Waals surface area contributed by atoms with Crippen molar-refractivity contribution in [3.8, 4) is 0 Å². The molecule has 1 saturated carbocycles. The van der Waals surface area contributed by atoms with E-state index < -0.39 is 0 Å². The topological polar surface area (TPSA) is 40.7 Å². The Morgan fingerprint density at radius 3 is 2.71 bits per heavy atom. The van der Waals surface area contributed by atoms with Crippen molar-refractivity contribution in [2.24, 2.45) is 5.41 Å². The van der Waals surface area contributed by atoms with Gasteiger partial charge < -0.3 is 10.3 Å². The molecule has 1 fully saturated rings. The number of aromatic nitrogens is 2. The van der Waals surface area contributed by atoms with Gasteiger partial charge in [-0.05, 0) is 31.1 Å². The van der Waals surface area contributed by atoms with Crippen molar-refractivity contribution < 1.29 is 0 Å². The maximum Gasteiger partial charge on any atom is 0.200 e. The minimum Gasteiger partial charge on any atom is -0.353 e. The van der Waals surface area contributed by atoms with E-state index in [9.17, 15) is 0 Å².